The van der Waals surface area contributed by atoms with Crippen LogP contribution in [0.4, 0.5) is 0 Å². The number of sulfonamides is 1. The maximum absolute atomic E-state index is 12.4. The van der Waals surface area contributed by atoms with E-state index in [4.69, 9.17) is 4.74 Å². The topological polar surface area (TPSA) is 72.5 Å². The van der Waals surface area contributed by atoms with Gasteiger partial charge in [0.05, 0.1) is 12.0 Å². The fourth-order valence-corrected chi connectivity index (χ4v) is 3.75. The van der Waals surface area contributed by atoms with Gasteiger partial charge >= 0.3 is 0 Å². The predicted octanol–water partition coefficient (Wildman–Crippen LogP) is 3.64. The maximum atomic E-state index is 12.4. The number of hydrogen-bond donors (Lipinski definition) is 1. The lowest BCUT2D eigenvalue weighted by Gasteiger charge is -2.21. The van der Waals surface area contributed by atoms with E-state index in [1.165, 1.54) is 12.1 Å². The fraction of sp³-hybridized carbons (Fsp3) is 0.350. The van der Waals surface area contributed by atoms with E-state index in [0.717, 1.165) is 16.9 Å². The Morgan fingerprint density at radius 2 is 1.62 bits per heavy atom. The summed E-state index contributed by atoms with van der Waals surface area (Å²) in [6.07, 6.45) is 0.0923. The van der Waals surface area contributed by atoms with Crippen LogP contribution in [0.15, 0.2) is 53.4 Å². The zero-order valence-electron chi connectivity index (χ0n) is 15.5. The summed E-state index contributed by atoms with van der Waals surface area (Å²) >= 11 is 0. The third-order valence-corrected chi connectivity index (χ3v) is 5.72. The van der Waals surface area contributed by atoms with Gasteiger partial charge in [-0.1, -0.05) is 43.7 Å². The molecule has 0 aliphatic heterocycles. The number of carbonyl (C=O) groups is 1. The lowest BCUT2D eigenvalue weighted by atomic mass is 9.85. The number of amides is 1. The minimum atomic E-state index is -3.86. The van der Waals surface area contributed by atoms with E-state index in [1.54, 1.807) is 19.2 Å². The molecule has 140 valence electrons. The van der Waals surface area contributed by atoms with Crippen molar-refractivity contribution in [1.82, 2.24) is 4.72 Å². The fourth-order valence-electron chi connectivity index (χ4n) is 2.76. The van der Waals surface area contributed by atoms with E-state index < -0.39 is 15.9 Å². The summed E-state index contributed by atoms with van der Waals surface area (Å²) in [7, 11) is -2.26. The normalized spacial score (nSPS) is 12.7. The van der Waals surface area contributed by atoms with E-state index in [0.29, 0.717) is 0 Å². The third-order valence-electron chi connectivity index (χ3n) is 4.33. The number of methoxy groups -OCH3 is 1. The number of rotatable bonds is 7. The van der Waals surface area contributed by atoms with Gasteiger partial charge in [0.25, 0.3) is 10.0 Å². The molecular weight excluding hydrogens is 350 g/mol. The smallest absolute Gasteiger partial charge is 0.264 e. The van der Waals surface area contributed by atoms with Crippen LogP contribution in [0.25, 0.3) is 0 Å². The highest BCUT2D eigenvalue weighted by atomic mass is 32.2. The van der Waals surface area contributed by atoms with Crippen LogP contribution in [0, 0.1) is 12.8 Å². The van der Waals surface area contributed by atoms with Gasteiger partial charge in [-0.3, -0.25) is 4.79 Å². The molecule has 0 unspecified atom stereocenters. The Balaban J connectivity index is 2.13. The molecule has 2 aromatic rings. The van der Waals surface area contributed by atoms with E-state index in [2.05, 4.69) is 4.72 Å². The summed E-state index contributed by atoms with van der Waals surface area (Å²) in [5.41, 5.74) is 1.93. The molecule has 0 spiro atoms. The number of aryl methyl sites for hydroxylation is 1. The van der Waals surface area contributed by atoms with Crippen LogP contribution in [0.3, 0.4) is 0 Å². The standard InChI is InChI=1S/C20H25NO4S/c1-14(2)19(16-7-9-17(25-4)10-8-16)13-20(22)21-26(23,24)18-11-5-15(3)6-12-18/h5-12,14,19H,13H2,1-4H3,(H,21,22)/t19-/m1/s1. The molecule has 1 N–H and O–H groups in total. The Morgan fingerprint density at radius 1 is 1.04 bits per heavy atom. The van der Waals surface area contributed by atoms with E-state index in [1.807, 2.05) is 45.0 Å². The van der Waals surface area contributed by atoms with Crippen molar-refractivity contribution in [3.63, 3.8) is 0 Å². The largest absolute Gasteiger partial charge is 0.497 e. The molecule has 0 radical (unpaired) electrons. The second-order valence-corrected chi connectivity index (χ2v) is 8.35. The van der Waals surface area contributed by atoms with Gasteiger partial charge < -0.3 is 4.74 Å². The number of benzene rings is 2. The van der Waals surface area contributed by atoms with Gasteiger partial charge in [-0.15, -0.1) is 0 Å². The highest BCUT2D eigenvalue weighted by Crippen LogP contribution is 2.29. The van der Waals surface area contributed by atoms with Crippen molar-refractivity contribution >= 4 is 15.9 Å². The van der Waals surface area contributed by atoms with Gasteiger partial charge in [0.2, 0.25) is 5.91 Å². The van der Waals surface area contributed by atoms with Crippen molar-refractivity contribution in [2.24, 2.45) is 5.92 Å². The molecule has 0 saturated carbocycles. The molecule has 2 aromatic carbocycles. The number of hydrogen-bond acceptors (Lipinski definition) is 4. The molecule has 26 heavy (non-hydrogen) atoms. The van der Waals surface area contributed by atoms with Crippen LogP contribution in [-0.4, -0.2) is 21.4 Å². The molecule has 2 rings (SSSR count). The van der Waals surface area contributed by atoms with E-state index in [-0.39, 0.29) is 23.2 Å². The Bertz CT molecular complexity index is 840. The molecule has 0 bridgehead atoms. The molecule has 1 atom stereocenters. The Hall–Kier alpha value is -2.34. The minimum absolute atomic E-state index is 0.0852. The Labute approximate surface area is 155 Å². The predicted molar refractivity (Wildman–Crippen MR) is 102 cm³/mol. The van der Waals surface area contributed by atoms with E-state index in [9.17, 15) is 13.2 Å². The molecule has 0 aliphatic carbocycles. The molecule has 0 fully saturated rings. The van der Waals surface area contributed by atoms with Crippen molar-refractivity contribution in [1.29, 1.82) is 0 Å². The maximum Gasteiger partial charge on any atom is 0.264 e. The summed E-state index contributed by atoms with van der Waals surface area (Å²) in [6, 6.07) is 13.9. The van der Waals surface area contributed by atoms with Gasteiger partial charge in [0, 0.05) is 6.42 Å². The summed E-state index contributed by atoms with van der Waals surface area (Å²) in [5.74, 6) is 0.313. The van der Waals surface area contributed by atoms with Crippen LogP contribution >= 0.6 is 0 Å². The Morgan fingerprint density at radius 3 is 2.12 bits per heavy atom. The first-order chi connectivity index (χ1) is 12.2. The second-order valence-electron chi connectivity index (χ2n) is 6.67. The SMILES string of the molecule is COc1ccc([C@H](CC(=O)NS(=O)(=O)c2ccc(C)cc2)C(C)C)cc1. The van der Waals surface area contributed by atoms with Crippen molar-refractivity contribution < 1.29 is 17.9 Å². The molecule has 5 nitrogen and oxygen atoms in total. The third kappa shape index (κ3) is 5.08. The molecule has 0 heterocycles. The molecule has 0 aromatic heterocycles. The minimum Gasteiger partial charge on any atom is -0.497 e. The highest BCUT2D eigenvalue weighted by molar-refractivity contribution is 7.90. The number of ether oxygens (including phenoxy) is 1. The van der Waals surface area contributed by atoms with Gasteiger partial charge in [-0.25, -0.2) is 13.1 Å². The van der Waals surface area contributed by atoms with Crippen LogP contribution in [0.2, 0.25) is 0 Å². The average Bonchev–Trinajstić information content (AvgIpc) is 2.59. The Kier molecular flexibility index (Phi) is 6.42. The van der Waals surface area contributed by atoms with Crippen molar-refractivity contribution in [3.8, 4) is 5.75 Å². The first kappa shape index (κ1) is 20.0. The lowest BCUT2D eigenvalue weighted by Crippen LogP contribution is -2.32. The first-order valence-electron chi connectivity index (χ1n) is 8.49. The summed E-state index contributed by atoms with van der Waals surface area (Å²) in [4.78, 5) is 12.5. The van der Waals surface area contributed by atoms with Crippen LogP contribution in [0.5, 0.6) is 5.75 Å². The summed E-state index contributed by atoms with van der Waals surface area (Å²) in [5, 5.41) is 0. The highest BCUT2D eigenvalue weighted by Gasteiger charge is 2.23. The molecule has 0 aliphatic rings. The molecule has 1 amide bonds. The van der Waals surface area contributed by atoms with Crippen LogP contribution in [0.1, 0.15) is 37.3 Å². The summed E-state index contributed by atoms with van der Waals surface area (Å²) in [6.45, 7) is 5.89. The zero-order chi connectivity index (χ0) is 19.3. The van der Waals surface area contributed by atoms with Gasteiger partial charge in [-0.05, 0) is 48.6 Å². The first-order valence-corrected chi connectivity index (χ1v) is 9.97. The molecule has 6 heteroatoms. The van der Waals surface area contributed by atoms with Crippen molar-refractivity contribution in [3.05, 3.63) is 59.7 Å². The van der Waals surface area contributed by atoms with Gasteiger partial charge in [0.1, 0.15) is 5.75 Å². The lowest BCUT2D eigenvalue weighted by molar-refractivity contribution is -0.119. The summed E-state index contributed by atoms with van der Waals surface area (Å²) < 4.78 is 32.1. The molecule has 0 saturated heterocycles. The van der Waals surface area contributed by atoms with Crippen LogP contribution < -0.4 is 9.46 Å². The zero-order valence-corrected chi connectivity index (χ0v) is 16.3. The van der Waals surface area contributed by atoms with Crippen LogP contribution in [-0.2, 0) is 14.8 Å². The van der Waals surface area contributed by atoms with E-state index >= 15 is 0 Å². The van der Waals surface area contributed by atoms with Gasteiger partial charge in [-0.2, -0.15) is 0 Å². The average molecular weight is 375 g/mol. The van der Waals surface area contributed by atoms with Crippen molar-refractivity contribution in [2.75, 3.05) is 7.11 Å². The van der Waals surface area contributed by atoms with Gasteiger partial charge in [0.15, 0.2) is 0 Å². The monoisotopic (exact) mass is 375 g/mol. The number of carbonyl (C=O) groups excluding carboxylic acids is 1. The van der Waals surface area contributed by atoms with Crippen molar-refractivity contribution in [2.45, 2.75) is 38.0 Å². The molecular formula is C20H25NO4S. The quantitative estimate of drug-likeness (QED) is 0.802. The number of nitrogens with one attached hydrogen (secondary N) is 1. The second kappa shape index (κ2) is 8.36.